The largest absolute Gasteiger partial charge is 0.462 e. The van der Waals surface area contributed by atoms with Gasteiger partial charge in [-0.1, -0.05) is 6.92 Å². The highest BCUT2D eigenvalue weighted by Crippen LogP contribution is 2.39. The number of amides is 1. The average Bonchev–Trinajstić information content (AvgIpc) is 3.31. The Balaban J connectivity index is 1.55. The minimum absolute atomic E-state index is 0.253. The van der Waals surface area contributed by atoms with Crippen molar-refractivity contribution in [3.05, 3.63) is 23.9 Å². The number of anilines is 1. The lowest BCUT2D eigenvalue weighted by atomic mass is 10.2. The van der Waals surface area contributed by atoms with Gasteiger partial charge in [-0.2, -0.15) is 0 Å². The van der Waals surface area contributed by atoms with E-state index in [1.54, 1.807) is 19.2 Å². The highest BCUT2D eigenvalue weighted by molar-refractivity contribution is 5.89. The highest BCUT2D eigenvalue weighted by Gasteiger charge is 2.41. The van der Waals surface area contributed by atoms with Crippen LogP contribution in [0.1, 0.15) is 30.6 Å². The van der Waals surface area contributed by atoms with Crippen LogP contribution in [0.5, 0.6) is 0 Å². The Kier molecular flexibility index (Phi) is 4.50. The summed E-state index contributed by atoms with van der Waals surface area (Å²) in [4.78, 5) is 32.3. The first kappa shape index (κ1) is 15.8. The van der Waals surface area contributed by atoms with Crippen LogP contribution in [0.15, 0.2) is 18.3 Å². The number of ether oxygens (including phenoxy) is 1. The van der Waals surface area contributed by atoms with E-state index in [1.165, 1.54) is 0 Å². The Morgan fingerprint density at radius 2 is 1.96 bits per heavy atom. The molecule has 0 N–H and O–H groups in total. The van der Waals surface area contributed by atoms with Crippen LogP contribution in [-0.4, -0.2) is 54.5 Å². The quantitative estimate of drug-likeness (QED) is 0.789. The maximum atomic E-state index is 12.2. The summed E-state index contributed by atoms with van der Waals surface area (Å²) in [6.07, 6.45) is 2.59. The van der Waals surface area contributed by atoms with Gasteiger partial charge in [0.1, 0.15) is 5.82 Å². The normalized spacial score (nSPS) is 23.6. The predicted octanol–water partition coefficient (Wildman–Crippen LogP) is 1.56. The van der Waals surface area contributed by atoms with E-state index in [9.17, 15) is 9.59 Å². The molecule has 23 heavy (non-hydrogen) atoms. The van der Waals surface area contributed by atoms with E-state index in [1.807, 2.05) is 11.0 Å². The Morgan fingerprint density at radius 3 is 2.48 bits per heavy atom. The van der Waals surface area contributed by atoms with Gasteiger partial charge in [-0.05, 0) is 31.4 Å². The van der Waals surface area contributed by atoms with Crippen LogP contribution in [-0.2, 0) is 9.53 Å². The number of aromatic nitrogens is 1. The fourth-order valence-corrected chi connectivity index (χ4v) is 2.96. The first-order chi connectivity index (χ1) is 11.1. The van der Waals surface area contributed by atoms with Gasteiger partial charge in [0.25, 0.3) is 0 Å². The van der Waals surface area contributed by atoms with Crippen molar-refractivity contribution in [3.8, 4) is 0 Å². The number of esters is 1. The van der Waals surface area contributed by atoms with E-state index < -0.39 is 0 Å². The Hall–Kier alpha value is -2.11. The lowest BCUT2D eigenvalue weighted by molar-refractivity contribution is -0.133. The number of pyridine rings is 1. The molecule has 0 unspecified atom stereocenters. The van der Waals surface area contributed by atoms with Gasteiger partial charge in [0.2, 0.25) is 5.91 Å². The Bertz CT molecular complexity index is 579. The van der Waals surface area contributed by atoms with Gasteiger partial charge in [-0.15, -0.1) is 0 Å². The van der Waals surface area contributed by atoms with Gasteiger partial charge in [-0.3, -0.25) is 4.79 Å². The second-order valence-electron chi connectivity index (χ2n) is 6.26. The van der Waals surface area contributed by atoms with Crippen molar-refractivity contribution < 1.29 is 14.3 Å². The highest BCUT2D eigenvalue weighted by atomic mass is 16.5. The predicted molar refractivity (Wildman–Crippen MR) is 86.3 cm³/mol. The first-order valence-electron chi connectivity index (χ1n) is 8.27. The van der Waals surface area contributed by atoms with Crippen molar-refractivity contribution in [1.82, 2.24) is 9.88 Å². The molecule has 0 radical (unpaired) electrons. The number of hydrogen-bond donors (Lipinski definition) is 0. The second kappa shape index (κ2) is 6.56. The van der Waals surface area contributed by atoms with Crippen LogP contribution in [0.4, 0.5) is 5.82 Å². The molecule has 6 nitrogen and oxygen atoms in total. The van der Waals surface area contributed by atoms with Crippen molar-refractivity contribution in [2.75, 3.05) is 37.7 Å². The lowest BCUT2D eigenvalue weighted by Gasteiger charge is -2.35. The summed E-state index contributed by atoms with van der Waals surface area (Å²) in [5.41, 5.74) is 0.465. The van der Waals surface area contributed by atoms with Gasteiger partial charge in [-0.25, -0.2) is 9.78 Å². The monoisotopic (exact) mass is 317 g/mol. The van der Waals surface area contributed by atoms with Gasteiger partial charge >= 0.3 is 5.97 Å². The SMILES string of the molecule is CCOC(=O)c1ccc(N2CCN(C(=O)[C@@H]3C[C@@H]3C)CC2)nc1. The van der Waals surface area contributed by atoms with Gasteiger partial charge in [0, 0.05) is 38.3 Å². The fraction of sp³-hybridized carbons (Fsp3) is 0.588. The summed E-state index contributed by atoms with van der Waals surface area (Å²) < 4.78 is 4.95. The van der Waals surface area contributed by atoms with Crippen molar-refractivity contribution in [2.24, 2.45) is 11.8 Å². The zero-order valence-electron chi connectivity index (χ0n) is 13.7. The summed E-state index contributed by atoms with van der Waals surface area (Å²) in [5.74, 6) is 1.61. The first-order valence-corrected chi connectivity index (χ1v) is 8.27. The van der Waals surface area contributed by atoms with Crippen LogP contribution in [0.3, 0.4) is 0 Å². The number of rotatable bonds is 4. The van der Waals surface area contributed by atoms with Gasteiger partial charge < -0.3 is 14.5 Å². The Labute approximate surface area is 136 Å². The van der Waals surface area contributed by atoms with Crippen molar-refractivity contribution in [1.29, 1.82) is 0 Å². The molecule has 0 aromatic carbocycles. The molecule has 1 aliphatic heterocycles. The summed E-state index contributed by atoms with van der Waals surface area (Å²) >= 11 is 0. The maximum Gasteiger partial charge on any atom is 0.339 e. The maximum absolute atomic E-state index is 12.2. The second-order valence-corrected chi connectivity index (χ2v) is 6.26. The fourth-order valence-electron chi connectivity index (χ4n) is 2.96. The summed E-state index contributed by atoms with van der Waals surface area (Å²) in [6, 6.07) is 3.58. The van der Waals surface area contributed by atoms with Crippen LogP contribution in [0.2, 0.25) is 0 Å². The zero-order valence-corrected chi connectivity index (χ0v) is 13.7. The number of nitrogens with zero attached hydrogens (tertiary/aromatic N) is 3. The van der Waals surface area contributed by atoms with E-state index in [4.69, 9.17) is 4.74 Å². The van der Waals surface area contributed by atoms with Crippen molar-refractivity contribution >= 4 is 17.7 Å². The minimum Gasteiger partial charge on any atom is -0.462 e. The molecule has 1 aromatic heterocycles. The molecule has 1 aliphatic carbocycles. The third-order valence-corrected chi connectivity index (χ3v) is 4.60. The van der Waals surface area contributed by atoms with Crippen LogP contribution in [0.25, 0.3) is 0 Å². The molecule has 3 rings (SSSR count). The van der Waals surface area contributed by atoms with Gasteiger partial charge in [0.15, 0.2) is 0 Å². The van der Waals surface area contributed by atoms with E-state index in [0.29, 0.717) is 24.0 Å². The molecular weight excluding hydrogens is 294 g/mol. The molecule has 1 saturated carbocycles. The molecule has 2 fully saturated rings. The number of piperazine rings is 1. The Morgan fingerprint density at radius 1 is 1.26 bits per heavy atom. The molecular formula is C17H23N3O3. The third-order valence-electron chi connectivity index (χ3n) is 4.60. The topological polar surface area (TPSA) is 62.7 Å². The molecule has 2 atom stereocenters. The number of carbonyl (C=O) groups is 2. The standard InChI is InChI=1S/C17H23N3O3/c1-3-23-17(22)13-4-5-15(18-11-13)19-6-8-20(9-7-19)16(21)14-10-12(14)2/h4-5,11-12,14H,3,6-10H2,1-2H3/t12-,14+/m0/s1. The van der Waals surface area contributed by atoms with Crippen LogP contribution >= 0.6 is 0 Å². The van der Waals surface area contributed by atoms with E-state index in [0.717, 1.165) is 38.4 Å². The van der Waals surface area contributed by atoms with Crippen LogP contribution < -0.4 is 4.90 Å². The van der Waals surface area contributed by atoms with E-state index >= 15 is 0 Å². The summed E-state index contributed by atoms with van der Waals surface area (Å²) in [7, 11) is 0. The molecule has 0 bridgehead atoms. The molecule has 1 saturated heterocycles. The molecule has 1 aromatic rings. The van der Waals surface area contributed by atoms with Crippen LogP contribution in [0, 0.1) is 11.8 Å². The zero-order chi connectivity index (χ0) is 16.4. The smallest absolute Gasteiger partial charge is 0.339 e. The molecule has 2 aliphatic rings. The molecule has 6 heteroatoms. The van der Waals surface area contributed by atoms with E-state index in [2.05, 4.69) is 16.8 Å². The van der Waals surface area contributed by atoms with Gasteiger partial charge in [0.05, 0.1) is 12.2 Å². The molecule has 124 valence electrons. The lowest BCUT2D eigenvalue weighted by Crippen LogP contribution is -2.49. The molecule has 1 amide bonds. The minimum atomic E-state index is -0.347. The number of carbonyl (C=O) groups excluding carboxylic acids is 2. The van der Waals surface area contributed by atoms with E-state index in [-0.39, 0.29) is 11.9 Å². The summed E-state index contributed by atoms with van der Waals surface area (Å²) in [6.45, 7) is 7.30. The average molecular weight is 317 g/mol. The van der Waals surface area contributed by atoms with Crippen molar-refractivity contribution in [3.63, 3.8) is 0 Å². The molecule has 0 spiro atoms. The third kappa shape index (κ3) is 3.46. The number of hydrogen-bond acceptors (Lipinski definition) is 5. The molecule has 2 heterocycles. The van der Waals surface area contributed by atoms with Crippen molar-refractivity contribution in [2.45, 2.75) is 20.3 Å². The summed E-state index contributed by atoms with van der Waals surface area (Å²) in [5, 5.41) is 0.